The van der Waals surface area contributed by atoms with Crippen molar-refractivity contribution in [2.75, 3.05) is 46.0 Å². The van der Waals surface area contributed by atoms with Gasteiger partial charge in [-0.25, -0.2) is 8.42 Å². The first-order valence-corrected chi connectivity index (χ1v) is 8.69. The van der Waals surface area contributed by atoms with Crippen molar-refractivity contribution in [3.05, 3.63) is 23.8 Å². The van der Waals surface area contributed by atoms with Crippen molar-refractivity contribution in [2.45, 2.75) is 6.54 Å². The molecule has 0 aliphatic rings. The first kappa shape index (κ1) is 17.7. The Kier molecular flexibility index (Phi) is 7.49. The number of sulfone groups is 1. The van der Waals surface area contributed by atoms with E-state index in [0.717, 1.165) is 12.1 Å². The van der Waals surface area contributed by atoms with Gasteiger partial charge in [-0.2, -0.15) is 0 Å². The van der Waals surface area contributed by atoms with Crippen molar-refractivity contribution in [2.24, 2.45) is 0 Å². The fraction of sp³-hybridized carbons (Fsp3) is 0.571. The summed E-state index contributed by atoms with van der Waals surface area (Å²) in [6.07, 6.45) is 1.19. The molecule has 1 aromatic rings. The molecule has 7 heteroatoms. The van der Waals surface area contributed by atoms with Crippen LogP contribution in [-0.2, 0) is 21.1 Å². The molecule has 0 saturated heterocycles. The van der Waals surface area contributed by atoms with Gasteiger partial charge in [0.1, 0.15) is 18.1 Å². The Morgan fingerprint density at radius 1 is 1.19 bits per heavy atom. The predicted molar refractivity (Wildman–Crippen MR) is 81.8 cm³/mol. The van der Waals surface area contributed by atoms with Gasteiger partial charge in [-0.05, 0) is 6.07 Å². The summed E-state index contributed by atoms with van der Waals surface area (Å²) < 4.78 is 38.0. The smallest absolute Gasteiger partial charge is 0.150 e. The molecule has 0 atom stereocenters. The lowest BCUT2D eigenvalue weighted by Crippen LogP contribution is -2.19. The average molecular weight is 317 g/mol. The zero-order valence-electron chi connectivity index (χ0n) is 12.7. The van der Waals surface area contributed by atoms with Crippen molar-refractivity contribution < 1.29 is 22.6 Å². The Hall–Kier alpha value is -1.31. The molecular formula is C14H23NO5S. The predicted octanol–water partition coefficient (Wildman–Crippen LogP) is 0.855. The highest BCUT2D eigenvalue weighted by Crippen LogP contribution is 2.24. The maximum atomic E-state index is 11.1. The van der Waals surface area contributed by atoms with E-state index in [0.29, 0.717) is 24.7 Å². The van der Waals surface area contributed by atoms with Crippen molar-refractivity contribution in [3.63, 3.8) is 0 Å². The summed E-state index contributed by atoms with van der Waals surface area (Å²) >= 11 is 0. The largest absolute Gasteiger partial charge is 0.497 e. The third-order valence-electron chi connectivity index (χ3n) is 2.78. The van der Waals surface area contributed by atoms with E-state index in [-0.39, 0.29) is 12.4 Å². The molecule has 6 nitrogen and oxygen atoms in total. The average Bonchev–Trinajstić information content (AvgIpc) is 2.43. The number of nitrogens with one attached hydrogen (secondary N) is 1. The zero-order valence-corrected chi connectivity index (χ0v) is 13.5. The fourth-order valence-corrected chi connectivity index (χ4v) is 2.03. The van der Waals surface area contributed by atoms with Crippen LogP contribution >= 0.6 is 0 Å². The second kappa shape index (κ2) is 8.86. The van der Waals surface area contributed by atoms with Gasteiger partial charge in [-0.1, -0.05) is 6.07 Å². The number of hydrogen-bond acceptors (Lipinski definition) is 6. The van der Waals surface area contributed by atoms with Crippen molar-refractivity contribution >= 4 is 9.84 Å². The fourth-order valence-electron chi connectivity index (χ4n) is 1.64. The molecule has 1 N–H and O–H groups in total. The summed E-state index contributed by atoms with van der Waals surface area (Å²) in [5.74, 6) is 1.29. The zero-order chi connectivity index (χ0) is 15.7. The van der Waals surface area contributed by atoms with Crippen LogP contribution in [0, 0.1) is 0 Å². The monoisotopic (exact) mass is 317 g/mol. The van der Waals surface area contributed by atoms with Gasteiger partial charge in [0, 0.05) is 38.1 Å². The molecule has 0 radical (unpaired) electrons. The molecular weight excluding hydrogens is 294 g/mol. The molecule has 1 aromatic carbocycles. The highest BCUT2D eigenvalue weighted by atomic mass is 32.2. The standard InChI is InChI=1S/C14H23NO5S/c1-18-7-6-15-11-12-4-5-13(19-2)10-14(12)20-8-9-21(3,16)17/h4-5,10,15H,6-9,11H2,1-3H3. The van der Waals surface area contributed by atoms with Crippen molar-refractivity contribution in [3.8, 4) is 11.5 Å². The van der Waals surface area contributed by atoms with Gasteiger partial charge in [-0.3, -0.25) is 0 Å². The van der Waals surface area contributed by atoms with E-state index in [4.69, 9.17) is 14.2 Å². The highest BCUT2D eigenvalue weighted by Gasteiger charge is 2.08. The lowest BCUT2D eigenvalue weighted by molar-refractivity contribution is 0.199. The normalized spacial score (nSPS) is 11.4. The van der Waals surface area contributed by atoms with Gasteiger partial charge in [0.05, 0.1) is 19.5 Å². The van der Waals surface area contributed by atoms with Crippen LogP contribution in [0.5, 0.6) is 11.5 Å². The minimum atomic E-state index is -3.04. The third kappa shape index (κ3) is 7.31. The highest BCUT2D eigenvalue weighted by molar-refractivity contribution is 7.90. The molecule has 120 valence electrons. The first-order valence-electron chi connectivity index (χ1n) is 6.63. The van der Waals surface area contributed by atoms with Gasteiger partial charge in [0.15, 0.2) is 9.84 Å². The van der Waals surface area contributed by atoms with E-state index in [1.54, 1.807) is 20.3 Å². The topological polar surface area (TPSA) is 73.9 Å². The van der Waals surface area contributed by atoms with Crippen LogP contribution in [0.15, 0.2) is 18.2 Å². The van der Waals surface area contributed by atoms with Gasteiger partial charge < -0.3 is 19.5 Å². The summed E-state index contributed by atoms with van der Waals surface area (Å²) in [7, 11) is 0.188. The van der Waals surface area contributed by atoms with Crippen LogP contribution in [0.25, 0.3) is 0 Å². The molecule has 0 fully saturated rings. The van der Waals surface area contributed by atoms with E-state index < -0.39 is 9.84 Å². The molecule has 1 rings (SSSR count). The summed E-state index contributed by atoms with van der Waals surface area (Å²) in [5.41, 5.74) is 0.945. The van der Waals surface area contributed by atoms with Crippen LogP contribution in [0.1, 0.15) is 5.56 Å². The van der Waals surface area contributed by atoms with E-state index in [2.05, 4.69) is 5.32 Å². The quantitative estimate of drug-likeness (QED) is 0.645. The van der Waals surface area contributed by atoms with Crippen LogP contribution in [-0.4, -0.2) is 54.4 Å². The molecule has 0 amide bonds. The van der Waals surface area contributed by atoms with E-state index in [1.165, 1.54) is 6.26 Å². The van der Waals surface area contributed by atoms with E-state index in [9.17, 15) is 8.42 Å². The lowest BCUT2D eigenvalue weighted by atomic mass is 10.2. The number of hydrogen-bond donors (Lipinski definition) is 1. The molecule has 0 aliphatic heterocycles. The maximum absolute atomic E-state index is 11.1. The minimum Gasteiger partial charge on any atom is -0.497 e. The second-order valence-electron chi connectivity index (χ2n) is 4.62. The molecule has 0 aromatic heterocycles. The summed E-state index contributed by atoms with van der Waals surface area (Å²) in [5, 5.41) is 3.22. The maximum Gasteiger partial charge on any atom is 0.150 e. The van der Waals surface area contributed by atoms with Crippen molar-refractivity contribution in [1.82, 2.24) is 5.32 Å². The van der Waals surface area contributed by atoms with Crippen LogP contribution in [0.2, 0.25) is 0 Å². The molecule has 0 aliphatic carbocycles. The Morgan fingerprint density at radius 2 is 1.95 bits per heavy atom. The van der Waals surface area contributed by atoms with Gasteiger partial charge in [-0.15, -0.1) is 0 Å². The van der Waals surface area contributed by atoms with Gasteiger partial charge in [0.25, 0.3) is 0 Å². The van der Waals surface area contributed by atoms with E-state index >= 15 is 0 Å². The Labute approximate surface area is 126 Å². The lowest BCUT2D eigenvalue weighted by Gasteiger charge is -2.13. The molecule has 0 unspecified atom stereocenters. The van der Waals surface area contributed by atoms with Crippen molar-refractivity contribution in [1.29, 1.82) is 0 Å². The first-order chi connectivity index (χ1) is 9.96. The Morgan fingerprint density at radius 3 is 2.57 bits per heavy atom. The van der Waals surface area contributed by atoms with Gasteiger partial charge >= 0.3 is 0 Å². The van der Waals surface area contributed by atoms with Crippen LogP contribution in [0.4, 0.5) is 0 Å². The number of methoxy groups -OCH3 is 2. The summed E-state index contributed by atoms with van der Waals surface area (Å²) in [6.45, 7) is 2.09. The van der Waals surface area contributed by atoms with Crippen LogP contribution in [0.3, 0.4) is 0 Å². The number of rotatable bonds is 10. The van der Waals surface area contributed by atoms with Crippen LogP contribution < -0.4 is 14.8 Å². The minimum absolute atomic E-state index is 0.0131. The molecule has 0 bridgehead atoms. The SMILES string of the molecule is COCCNCc1ccc(OC)cc1OCCS(C)(=O)=O. The van der Waals surface area contributed by atoms with Gasteiger partial charge in [0.2, 0.25) is 0 Å². The molecule has 0 spiro atoms. The molecule has 0 saturated carbocycles. The Bertz CT molecular complexity index is 530. The summed E-state index contributed by atoms with van der Waals surface area (Å²) in [4.78, 5) is 0. The summed E-state index contributed by atoms with van der Waals surface area (Å²) in [6, 6.07) is 5.50. The van der Waals surface area contributed by atoms with E-state index in [1.807, 2.05) is 12.1 Å². The third-order valence-corrected chi connectivity index (χ3v) is 3.69. The second-order valence-corrected chi connectivity index (χ2v) is 6.88. The number of ether oxygens (including phenoxy) is 3. The number of benzene rings is 1. The molecule has 21 heavy (non-hydrogen) atoms. The molecule has 0 heterocycles. The Balaban J connectivity index is 2.67.